The minimum atomic E-state index is -0.505. The first-order valence-electron chi connectivity index (χ1n) is 9.12. The van der Waals surface area contributed by atoms with Gasteiger partial charge in [0.1, 0.15) is 6.04 Å². The molecule has 0 spiro atoms. The summed E-state index contributed by atoms with van der Waals surface area (Å²) in [5.74, 6) is 0.740. The first-order valence-corrected chi connectivity index (χ1v) is 10.9. The van der Waals surface area contributed by atoms with Gasteiger partial charge < -0.3 is 10.1 Å². The van der Waals surface area contributed by atoms with E-state index in [9.17, 15) is 4.79 Å². The van der Waals surface area contributed by atoms with Gasteiger partial charge in [0, 0.05) is 21.5 Å². The van der Waals surface area contributed by atoms with Crippen molar-refractivity contribution in [1.29, 1.82) is 0 Å². The number of hydrogen-bond acceptors (Lipinski definition) is 6. The van der Waals surface area contributed by atoms with Crippen LogP contribution >= 0.6 is 35.0 Å². The molecule has 1 aliphatic heterocycles. The summed E-state index contributed by atoms with van der Waals surface area (Å²) in [6.45, 7) is 1.82. The number of ether oxygens (including phenoxy) is 1. The highest BCUT2D eigenvalue weighted by molar-refractivity contribution is 7.98. The van der Waals surface area contributed by atoms with E-state index in [1.54, 1.807) is 10.7 Å². The Morgan fingerprint density at radius 2 is 2.03 bits per heavy atom. The predicted octanol–water partition coefficient (Wildman–Crippen LogP) is 5.34. The van der Waals surface area contributed by atoms with Crippen molar-refractivity contribution in [1.82, 2.24) is 14.8 Å². The Hall–Kier alpha value is -2.48. The molecule has 6 nitrogen and oxygen atoms in total. The van der Waals surface area contributed by atoms with Gasteiger partial charge in [-0.25, -0.2) is 9.48 Å². The zero-order valence-corrected chi connectivity index (χ0v) is 18.6. The summed E-state index contributed by atoms with van der Waals surface area (Å²) in [6.07, 6.45) is 0. The van der Waals surface area contributed by atoms with Crippen molar-refractivity contribution in [3.8, 4) is 0 Å². The minimum absolute atomic E-state index is 0.434. The lowest BCUT2D eigenvalue weighted by atomic mass is 9.96. The van der Waals surface area contributed by atoms with Gasteiger partial charge in [-0.05, 0) is 36.2 Å². The Balaban J connectivity index is 1.71. The smallest absolute Gasteiger partial charge is 0.338 e. The summed E-state index contributed by atoms with van der Waals surface area (Å²) >= 11 is 13.9. The van der Waals surface area contributed by atoms with Crippen molar-refractivity contribution in [2.75, 3.05) is 12.4 Å². The molecule has 1 unspecified atom stereocenters. The highest BCUT2D eigenvalue weighted by atomic mass is 35.5. The number of esters is 1. The molecule has 1 aliphatic rings. The molecular formula is C21H18Cl2N4O2S. The van der Waals surface area contributed by atoms with Crippen LogP contribution in [0.5, 0.6) is 0 Å². The number of rotatable bonds is 5. The molecular weight excluding hydrogens is 443 g/mol. The lowest BCUT2D eigenvalue weighted by molar-refractivity contribution is -0.136. The van der Waals surface area contributed by atoms with Gasteiger partial charge in [-0.15, -0.1) is 5.10 Å². The number of methoxy groups -OCH3 is 1. The summed E-state index contributed by atoms with van der Waals surface area (Å²) in [4.78, 5) is 17.2. The number of benzene rings is 2. The normalized spacial score (nSPS) is 15.5. The van der Waals surface area contributed by atoms with E-state index >= 15 is 0 Å². The van der Waals surface area contributed by atoms with Crippen LogP contribution in [0.15, 0.2) is 65.0 Å². The number of fused-ring (bicyclic) bond motifs is 1. The van der Waals surface area contributed by atoms with Crippen molar-refractivity contribution >= 4 is 46.9 Å². The van der Waals surface area contributed by atoms with E-state index in [1.165, 1.54) is 18.9 Å². The largest absolute Gasteiger partial charge is 0.466 e. The summed E-state index contributed by atoms with van der Waals surface area (Å²) < 4.78 is 6.73. The average molecular weight is 461 g/mol. The summed E-state index contributed by atoms with van der Waals surface area (Å²) in [5.41, 5.74) is 2.94. The Bertz CT molecular complexity index is 1150. The van der Waals surface area contributed by atoms with Gasteiger partial charge in [0.25, 0.3) is 0 Å². The molecule has 154 valence electrons. The molecule has 1 aromatic heterocycles. The molecule has 0 bridgehead atoms. The quantitative estimate of drug-likeness (QED) is 0.409. The second-order valence-electron chi connectivity index (χ2n) is 6.66. The molecule has 0 amide bonds. The Morgan fingerprint density at radius 3 is 2.77 bits per heavy atom. The number of nitrogens with one attached hydrogen (secondary N) is 1. The van der Waals surface area contributed by atoms with E-state index in [4.69, 9.17) is 27.9 Å². The SMILES string of the molecule is COC(=O)C1=C(C)Nc2nc(SCc3ccccc3Cl)nn2C1c1cccc(Cl)c1. The van der Waals surface area contributed by atoms with Gasteiger partial charge in [0.15, 0.2) is 0 Å². The van der Waals surface area contributed by atoms with Crippen molar-refractivity contribution in [3.63, 3.8) is 0 Å². The summed E-state index contributed by atoms with van der Waals surface area (Å²) in [7, 11) is 1.36. The lowest BCUT2D eigenvalue weighted by Gasteiger charge is -2.27. The highest BCUT2D eigenvalue weighted by Gasteiger charge is 2.35. The van der Waals surface area contributed by atoms with Crippen molar-refractivity contribution in [2.24, 2.45) is 0 Å². The van der Waals surface area contributed by atoms with E-state index in [0.717, 1.165) is 11.1 Å². The number of allylic oxidation sites excluding steroid dienone is 1. The third-order valence-corrected chi connectivity index (χ3v) is 6.21. The summed E-state index contributed by atoms with van der Waals surface area (Å²) in [5, 5.41) is 9.68. The number of hydrogen-bond donors (Lipinski definition) is 1. The second-order valence-corrected chi connectivity index (χ2v) is 8.44. The lowest BCUT2D eigenvalue weighted by Crippen LogP contribution is -2.29. The number of carbonyl (C=O) groups is 1. The third-order valence-electron chi connectivity index (χ3n) is 4.72. The van der Waals surface area contributed by atoms with E-state index in [2.05, 4.69) is 15.4 Å². The maximum Gasteiger partial charge on any atom is 0.338 e. The van der Waals surface area contributed by atoms with E-state index < -0.39 is 12.0 Å². The average Bonchev–Trinajstić information content (AvgIpc) is 3.14. The molecule has 0 aliphatic carbocycles. The number of aromatic nitrogens is 3. The molecule has 0 fully saturated rings. The number of halogens is 2. The molecule has 0 saturated heterocycles. The molecule has 2 heterocycles. The number of thioether (sulfide) groups is 1. The van der Waals surface area contributed by atoms with Crippen LogP contribution in [0.4, 0.5) is 5.95 Å². The molecule has 9 heteroatoms. The van der Waals surface area contributed by atoms with Crippen molar-refractivity contribution in [2.45, 2.75) is 23.9 Å². The van der Waals surface area contributed by atoms with Gasteiger partial charge in [-0.1, -0.05) is 65.3 Å². The third kappa shape index (κ3) is 4.05. The van der Waals surface area contributed by atoms with Gasteiger partial charge >= 0.3 is 5.97 Å². The standard InChI is InChI=1S/C21H18Cl2N4O2S/c1-12-17(19(28)29-2)18(13-7-5-8-15(22)10-13)27-20(24-12)25-21(26-27)30-11-14-6-3-4-9-16(14)23/h3-10,18H,11H2,1-2H3,(H,24,25,26). The molecule has 2 aromatic carbocycles. The van der Waals surface area contributed by atoms with Crippen LogP contribution in [0, 0.1) is 0 Å². The fourth-order valence-electron chi connectivity index (χ4n) is 3.31. The van der Waals surface area contributed by atoms with Gasteiger partial charge in [-0.2, -0.15) is 4.98 Å². The van der Waals surface area contributed by atoms with Crippen LogP contribution in [-0.4, -0.2) is 27.8 Å². The molecule has 4 rings (SSSR count). The summed E-state index contributed by atoms with van der Waals surface area (Å²) in [6, 6.07) is 14.5. The first kappa shape index (κ1) is 20.8. The first-order chi connectivity index (χ1) is 14.5. The minimum Gasteiger partial charge on any atom is -0.466 e. The maximum absolute atomic E-state index is 12.6. The van der Waals surface area contributed by atoms with Gasteiger partial charge in [0.2, 0.25) is 11.1 Å². The van der Waals surface area contributed by atoms with E-state index in [1.807, 2.05) is 49.4 Å². The fraction of sp³-hybridized carbons (Fsp3) is 0.190. The van der Waals surface area contributed by atoms with Crippen LogP contribution in [0.25, 0.3) is 0 Å². The van der Waals surface area contributed by atoms with Crippen LogP contribution in [-0.2, 0) is 15.3 Å². The van der Waals surface area contributed by atoms with Crippen LogP contribution in [0.1, 0.15) is 24.1 Å². The number of nitrogens with zero attached hydrogens (tertiary/aromatic N) is 3. The molecule has 0 saturated carbocycles. The number of carbonyl (C=O) groups excluding carboxylic acids is 1. The second kappa shape index (κ2) is 8.71. The van der Waals surface area contributed by atoms with Crippen LogP contribution < -0.4 is 5.32 Å². The zero-order valence-electron chi connectivity index (χ0n) is 16.2. The monoisotopic (exact) mass is 460 g/mol. The van der Waals surface area contributed by atoms with E-state index in [-0.39, 0.29) is 0 Å². The predicted molar refractivity (Wildman–Crippen MR) is 119 cm³/mol. The Kier molecular flexibility index (Phi) is 6.04. The molecule has 1 N–H and O–H groups in total. The van der Waals surface area contributed by atoms with Crippen LogP contribution in [0.3, 0.4) is 0 Å². The topological polar surface area (TPSA) is 69.0 Å². The molecule has 3 aromatic rings. The Labute approximate surface area is 188 Å². The maximum atomic E-state index is 12.6. The van der Waals surface area contributed by atoms with Crippen molar-refractivity contribution < 1.29 is 9.53 Å². The molecule has 1 atom stereocenters. The Morgan fingerprint density at radius 1 is 1.23 bits per heavy atom. The van der Waals surface area contributed by atoms with E-state index in [0.29, 0.717) is 38.2 Å². The van der Waals surface area contributed by atoms with Gasteiger partial charge in [-0.3, -0.25) is 0 Å². The van der Waals surface area contributed by atoms with Crippen molar-refractivity contribution in [3.05, 3.63) is 81.0 Å². The zero-order chi connectivity index (χ0) is 21.3. The van der Waals surface area contributed by atoms with Crippen LogP contribution in [0.2, 0.25) is 10.0 Å². The highest BCUT2D eigenvalue weighted by Crippen LogP contribution is 2.37. The molecule has 0 radical (unpaired) electrons. The fourth-order valence-corrected chi connectivity index (χ4v) is 4.62. The number of anilines is 1. The van der Waals surface area contributed by atoms with Gasteiger partial charge in [0.05, 0.1) is 12.7 Å². The molecule has 30 heavy (non-hydrogen) atoms.